The molecule has 1 amide bonds. The van der Waals surface area contributed by atoms with Crippen molar-refractivity contribution < 1.29 is 13.9 Å². The van der Waals surface area contributed by atoms with Crippen molar-refractivity contribution in [3.05, 3.63) is 89.0 Å². The van der Waals surface area contributed by atoms with Gasteiger partial charge in [-0.05, 0) is 67.6 Å². The van der Waals surface area contributed by atoms with Crippen LogP contribution in [0.25, 0.3) is 11.8 Å². The van der Waals surface area contributed by atoms with E-state index >= 15 is 0 Å². The van der Waals surface area contributed by atoms with Crippen LogP contribution in [-0.4, -0.2) is 38.1 Å². The molecule has 170 valence electrons. The standard InChI is InChI=1S/C25H20FN5O2S/c1-15-12-17(16(2)30(15)21-11-7-6-10-20(21)26)13-19-23(27)31-25(28-24(19)32)34-22(29-31)14-33-18-8-4-3-5-9-18/h3-13,27H,14H2,1-2H3/b19-13-,27-23?. The Morgan fingerprint density at radius 3 is 2.62 bits per heavy atom. The fraction of sp³-hybridized carbons (Fsp3) is 0.120. The van der Waals surface area contributed by atoms with Crippen LogP contribution in [0.2, 0.25) is 0 Å². The molecule has 34 heavy (non-hydrogen) atoms. The number of halogens is 1. The highest BCUT2D eigenvalue weighted by Gasteiger charge is 2.36. The van der Waals surface area contributed by atoms with E-state index in [1.54, 1.807) is 28.8 Å². The summed E-state index contributed by atoms with van der Waals surface area (Å²) in [5.74, 6) is -0.213. The smallest absolute Gasteiger partial charge is 0.283 e. The lowest BCUT2D eigenvalue weighted by molar-refractivity contribution is -0.114. The van der Waals surface area contributed by atoms with Crippen LogP contribution in [0.1, 0.15) is 17.0 Å². The molecule has 0 saturated carbocycles. The molecule has 3 aromatic rings. The Bertz CT molecular complexity index is 1410. The van der Waals surface area contributed by atoms with Crippen LogP contribution < -0.4 is 4.74 Å². The molecule has 0 fully saturated rings. The highest BCUT2D eigenvalue weighted by atomic mass is 32.2. The molecule has 0 saturated heterocycles. The topological polar surface area (TPSA) is 83.0 Å². The summed E-state index contributed by atoms with van der Waals surface area (Å²) in [6.45, 7) is 3.92. The SMILES string of the molecule is Cc1cc(/C=C2/C(=N)N3N=C(COc4ccccc4)SC3=NC2=O)c(C)n1-c1ccccc1F. The molecule has 0 unspecified atom stereocenters. The summed E-state index contributed by atoms with van der Waals surface area (Å²) in [7, 11) is 0. The molecule has 2 aliphatic heterocycles. The van der Waals surface area contributed by atoms with Gasteiger partial charge in [-0.3, -0.25) is 10.2 Å². The summed E-state index contributed by atoms with van der Waals surface area (Å²) < 4.78 is 21.9. The van der Waals surface area contributed by atoms with Crippen LogP contribution in [-0.2, 0) is 4.79 Å². The third-order valence-electron chi connectivity index (χ3n) is 5.47. The second kappa shape index (κ2) is 8.75. The first-order valence-electron chi connectivity index (χ1n) is 10.5. The predicted molar refractivity (Wildman–Crippen MR) is 132 cm³/mol. The summed E-state index contributed by atoms with van der Waals surface area (Å²) in [4.78, 5) is 16.9. The number of fused-ring (bicyclic) bond motifs is 1. The molecule has 0 bridgehead atoms. The molecular formula is C25H20FN5O2S. The van der Waals surface area contributed by atoms with Gasteiger partial charge in [-0.2, -0.15) is 15.1 Å². The molecule has 2 aromatic carbocycles. The number of rotatable bonds is 5. The Morgan fingerprint density at radius 2 is 1.85 bits per heavy atom. The summed E-state index contributed by atoms with van der Waals surface area (Å²) in [5.41, 5.74) is 2.81. The van der Waals surface area contributed by atoms with Crippen LogP contribution in [0.15, 0.2) is 76.3 Å². The molecule has 0 radical (unpaired) electrons. The number of aromatic nitrogens is 1. The third kappa shape index (κ3) is 3.94. The van der Waals surface area contributed by atoms with E-state index in [1.165, 1.54) is 22.8 Å². The van der Waals surface area contributed by atoms with Crippen LogP contribution in [0, 0.1) is 25.1 Å². The first-order valence-corrected chi connectivity index (χ1v) is 11.3. The van der Waals surface area contributed by atoms with E-state index in [4.69, 9.17) is 10.1 Å². The monoisotopic (exact) mass is 473 g/mol. The summed E-state index contributed by atoms with van der Waals surface area (Å²) in [6.07, 6.45) is 1.61. The zero-order valence-corrected chi connectivity index (χ0v) is 19.3. The zero-order valence-electron chi connectivity index (χ0n) is 18.4. The first-order chi connectivity index (χ1) is 16.4. The lowest BCUT2D eigenvalue weighted by Gasteiger charge is -2.20. The number of carbonyl (C=O) groups excluding carboxylic acids is 1. The molecule has 0 spiro atoms. The number of aryl methyl sites for hydroxylation is 1. The summed E-state index contributed by atoms with van der Waals surface area (Å²) in [6, 6.07) is 17.7. The molecule has 5 rings (SSSR count). The van der Waals surface area contributed by atoms with Crippen LogP contribution in [0.4, 0.5) is 4.39 Å². The number of hydrogen-bond acceptors (Lipinski definition) is 5. The van der Waals surface area contributed by atoms with Crippen molar-refractivity contribution in [3.63, 3.8) is 0 Å². The van der Waals surface area contributed by atoms with Gasteiger partial charge in [0.25, 0.3) is 5.91 Å². The minimum absolute atomic E-state index is 0.0621. The van der Waals surface area contributed by atoms with E-state index in [-0.39, 0.29) is 23.8 Å². The molecule has 0 atom stereocenters. The molecule has 0 aliphatic carbocycles. The molecule has 9 heteroatoms. The second-order valence-electron chi connectivity index (χ2n) is 7.73. The van der Waals surface area contributed by atoms with Gasteiger partial charge in [0.05, 0.1) is 11.3 Å². The largest absolute Gasteiger partial charge is 0.487 e. The Balaban J connectivity index is 1.42. The van der Waals surface area contributed by atoms with Crippen molar-refractivity contribution in [2.75, 3.05) is 6.61 Å². The van der Waals surface area contributed by atoms with E-state index in [0.717, 1.165) is 11.4 Å². The molecule has 3 heterocycles. The number of nitrogens with zero attached hydrogens (tertiary/aromatic N) is 4. The van der Waals surface area contributed by atoms with Gasteiger partial charge in [0.2, 0.25) is 5.17 Å². The van der Waals surface area contributed by atoms with Crippen molar-refractivity contribution in [1.29, 1.82) is 5.41 Å². The number of hydrogen-bond donors (Lipinski definition) is 1. The van der Waals surface area contributed by atoms with Gasteiger partial charge in [0, 0.05) is 11.4 Å². The van der Waals surface area contributed by atoms with E-state index in [0.29, 0.717) is 27.2 Å². The Morgan fingerprint density at radius 1 is 1.12 bits per heavy atom. The molecule has 7 nitrogen and oxygen atoms in total. The number of benzene rings is 2. The molecular weight excluding hydrogens is 453 g/mol. The second-order valence-corrected chi connectivity index (χ2v) is 8.77. The molecule has 1 N–H and O–H groups in total. The number of amides is 1. The van der Waals surface area contributed by atoms with Crippen molar-refractivity contribution in [1.82, 2.24) is 9.58 Å². The van der Waals surface area contributed by atoms with Gasteiger partial charge < -0.3 is 9.30 Å². The lowest BCUT2D eigenvalue weighted by Crippen LogP contribution is -2.35. The number of hydrazone groups is 1. The maximum absolute atomic E-state index is 14.4. The van der Waals surface area contributed by atoms with E-state index in [9.17, 15) is 9.18 Å². The van der Waals surface area contributed by atoms with Crippen LogP contribution in [0.3, 0.4) is 0 Å². The van der Waals surface area contributed by atoms with E-state index < -0.39 is 5.91 Å². The summed E-state index contributed by atoms with van der Waals surface area (Å²) >= 11 is 1.20. The van der Waals surface area contributed by atoms with Gasteiger partial charge in [-0.1, -0.05) is 30.3 Å². The average Bonchev–Trinajstić information content (AvgIpc) is 3.36. The van der Waals surface area contributed by atoms with E-state index in [2.05, 4.69) is 10.1 Å². The number of para-hydroxylation sites is 2. The van der Waals surface area contributed by atoms with E-state index in [1.807, 2.05) is 50.2 Å². The van der Waals surface area contributed by atoms with Crippen LogP contribution in [0.5, 0.6) is 5.75 Å². The molecule has 1 aromatic heterocycles. The van der Waals surface area contributed by atoms with Gasteiger partial charge >= 0.3 is 0 Å². The number of ether oxygens (including phenoxy) is 1. The maximum Gasteiger partial charge on any atom is 0.283 e. The maximum atomic E-state index is 14.4. The van der Waals surface area contributed by atoms with Crippen LogP contribution >= 0.6 is 11.8 Å². The Hall–Kier alpha value is -3.98. The number of nitrogens with one attached hydrogen (secondary N) is 1. The highest BCUT2D eigenvalue weighted by molar-refractivity contribution is 8.27. The molecule has 2 aliphatic rings. The third-order valence-corrected chi connectivity index (χ3v) is 6.35. The number of thioether (sulfide) groups is 1. The van der Waals surface area contributed by atoms with Crippen molar-refractivity contribution in [2.45, 2.75) is 13.8 Å². The minimum Gasteiger partial charge on any atom is -0.487 e. The van der Waals surface area contributed by atoms with Crippen molar-refractivity contribution in [2.24, 2.45) is 10.1 Å². The van der Waals surface area contributed by atoms with Gasteiger partial charge in [-0.25, -0.2) is 4.39 Å². The number of aliphatic imine (C=N–C) groups is 1. The zero-order chi connectivity index (χ0) is 23.8. The first kappa shape index (κ1) is 21.8. The summed E-state index contributed by atoms with van der Waals surface area (Å²) in [5, 5.41) is 15.3. The highest BCUT2D eigenvalue weighted by Crippen LogP contribution is 2.30. The fourth-order valence-corrected chi connectivity index (χ4v) is 4.64. The normalized spacial score (nSPS) is 16.6. The van der Waals surface area contributed by atoms with Gasteiger partial charge in [0.15, 0.2) is 5.84 Å². The number of amidine groups is 2. The quantitative estimate of drug-likeness (QED) is 0.533. The predicted octanol–water partition coefficient (Wildman–Crippen LogP) is 4.93. The average molecular weight is 474 g/mol. The van der Waals surface area contributed by atoms with Crippen molar-refractivity contribution >= 4 is 39.8 Å². The number of carbonyl (C=O) groups is 1. The Labute approximate surface area is 199 Å². The van der Waals surface area contributed by atoms with Crippen molar-refractivity contribution in [3.8, 4) is 11.4 Å². The Kier molecular flexibility index (Phi) is 5.62. The van der Waals surface area contributed by atoms with Gasteiger partial charge in [0.1, 0.15) is 23.2 Å². The minimum atomic E-state index is -0.514. The fourth-order valence-electron chi connectivity index (χ4n) is 3.84. The lowest BCUT2D eigenvalue weighted by atomic mass is 10.1. The van der Waals surface area contributed by atoms with Gasteiger partial charge in [-0.15, -0.1) is 0 Å².